The number of furan rings is 2. The molecule has 2 aromatic heterocycles. The summed E-state index contributed by atoms with van der Waals surface area (Å²) in [6.45, 7) is 0. The number of fused-ring (bicyclic) bond motifs is 13. The van der Waals surface area contributed by atoms with E-state index in [1.807, 2.05) is 12.1 Å². The zero-order valence-corrected chi connectivity index (χ0v) is 33.0. The highest BCUT2D eigenvalue weighted by Gasteiger charge is 2.22. The Morgan fingerprint density at radius 3 is 1.56 bits per heavy atom. The van der Waals surface area contributed by atoms with E-state index in [2.05, 4.69) is 205 Å². The lowest BCUT2D eigenvalue weighted by Gasteiger charge is -2.26. The maximum Gasteiger partial charge on any atom is 0.144 e. The zero-order valence-electron chi connectivity index (χ0n) is 33.0. The fourth-order valence-electron chi connectivity index (χ4n) is 9.83. The van der Waals surface area contributed by atoms with Crippen LogP contribution in [0.4, 0.5) is 17.1 Å². The number of benzene rings is 11. The normalized spacial score (nSPS) is 11.9. The molecule has 0 amide bonds. The quantitative estimate of drug-likeness (QED) is 0.163. The summed E-state index contributed by atoms with van der Waals surface area (Å²) >= 11 is 0. The van der Waals surface area contributed by atoms with Crippen molar-refractivity contribution in [2.75, 3.05) is 4.90 Å². The fourth-order valence-corrected chi connectivity index (χ4v) is 9.83. The van der Waals surface area contributed by atoms with Crippen LogP contribution >= 0.6 is 0 Å². The molecule has 13 rings (SSSR count). The van der Waals surface area contributed by atoms with Gasteiger partial charge < -0.3 is 13.7 Å². The Labute approximate surface area is 350 Å². The molecule has 0 unspecified atom stereocenters. The van der Waals surface area contributed by atoms with Crippen molar-refractivity contribution in [3.63, 3.8) is 0 Å². The molecule has 0 radical (unpaired) electrons. The Bertz CT molecular complexity index is 3840. The number of nitrogens with zero attached hydrogens (tertiary/aromatic N) is 1. The number of anilines is 3. The number of rotatable bonds is 5. The third kappa shape index (κ3) is 5.17. The maximum atomic E-state index is 7.12. The molecule has 0 fully saturated rings. The van der Waals surface area contributed by atoms with E-state index in [1.54, 1.807) is 0 Å². The Hall–Kier alpha value is -8.14. The second-order valence-electron chi connectivity index (χ2n) is 16.0. The predicted octanol–water partition coefficient (Wildman–Crippen LogP) is 16.9. The molecule has 0 saturated carbocycles. The lowest BCUT2D eigenvalue weighted by atomic mass is 9.93. The van der Waals surface area contributed by atoms with Crippen molar-refractivity contribution in [1.29, 1.82) is 0 Å². The molecule has 0 aliphatic carbocycles. The Morgan fingerprint density at radius 2 is 0.803 bits per heavy atom. The van der Waals surface area contributed by atoms with Crippen molar-refractivity contribution in [2.45, 2.75) is 0 Å². The second-order valence-corrected chi connectivity index (χ2v) is 16.0. The first kappa shape index (κ1) is 33.8. The molecule has 0 spiro atoms. The van der Waals surface area contributed by atoms with Crippen LogP contribution in [0.5, 0.6) is 0 Å². The van der Waals surface area contributed by atoms with E-state index in [0.717, 1.165) is 82.8 Å². The maximum absolute atomic E-state index is 7.12. The Morgan fingerprint density at radius 1 is 0.279 bits per heavy atom. The van der Waals surface area contributed by atoms with Crippen LogP contribution < -0.4 is 4.90 Å². The molecular formula is C58H35NO2. The number of hydrogen-bond donors (Lipinski definition) is 0. The van der Waals surface area contributed by atoms with Gasteiger partial charge in [-0.1, -0.05) is 158 Å². The van der Waals surface area contributed by atoms with Gasteiger partial charge in [0.25, 0.3) is 0 Å². The van der Waals surface area contributed by atoms with Crippen LogP contribution in [-0.2, 0) is 0 Å². The third-order valence-corrected chi connectivity index (χ3v) is 12.6. The minimum atomic E-state index is 0.823. The van der Waals surface area contributed by atoms with Crippen molar-refractivity contribution >= 4 is 104 Å². The van der Waals surface area contributed by atoms with Crippen molar-refractivity contribution in [3.8, 4) is 22.3 Å². The molecule has 0 N–H and O–H groups in total. The van der Waals surface area contributed by atoms with E-state index in [0.29, 0.717) is 0 Å². The summed E-state index contributed by atoms with van der Waals surface area (Å²) in [5.41, 5.74) is 11.0. The zero-order chi connectivity index (χ0) is 40.0. The molecule has 61 heavy (non-hydrogen) atoms. The number of para-hydroxylation sites is 2. The molecule has 284 valence electrons. The minimum absolute atomic E-state index is 0.823. The second kappa shape index (κ2) is 13.2. The van der Waals surface area contributed by atoms with E-state index in [-0.39, 0.29) is 0 Å². The van der Waals surface area contributed by atoms with E-state index in [9.17, 15) is 0 Å². The first-order valence-corrected chi connectivity index (χ1v) is 20.8. The van der Waals surface area contributed by atoms with Crippen LogP contribution in [0.15, 0.2) is 221 Å². The molecule has 2 heterocycles. The van der Waals surface area contributed by atoms with Crippen LogP contribution in [0.2, 0.25) is 0 Å². The summed E-state index contributed by atoms with van der Waals surface area (Å²) in [4.78, 5) is 2.36. The van der Waals surface area contributed by atoms with Gasteiger partial charge in [0.15, 0.2) is 0 Å². The summed E-state index contributed by atoms with van der Waals surface area (Å²) in [5.74, 6) is 0. The molecule has 0 saturated heterocycles. The van der Waals surface area contributed by atoms with Gasteiger partial charge in [0.2, 0.25) is 0 Å². The van der Waals surface area contributed by atoms with E-state index >= 15 is 0 Å². The Balaban J connectivity index is 1.05. The van der Waals surface area contributed by atoms with E-state index < -0.39 is 0 Å². The average Bonchev–Trinajstić information content (AvgIpc) is 3.89. The average molecular weight is 778 g/mol. The smallest absolute Gasteiger partial charge is 0.144 e. The molecule has 0 bridgehead atoms. The van der Waals surface area contributed by atoms with E-state index in [4.69, 9.17) is 8.83 Å². The minimum Gasteiger partial charge on any atom is -0.455 e. The Kier molecular flexibility index (Phi) is 7.31. The predicted molar refractivity (Wildman–Crippen MR) is 257 cm³/mol. The molecule has 11 aromatic carbocycles. The van der Waals surface area contributed by atoms with Crippen LogP contribution in [0.25, 0.3) is 109 Å². The standard InChI is InChI=1S/C58H35NO2/c1-2-13-36(14-3-1)37-25-27-39(28-26-37)59(40-29-31-47-45-19-7-6-17-43(45)44-18-8-9-20-46(44)52(47)34-40)41-30-32-49-53-33-38-15-4-5-16-42(38)56(58(53)61-55(49)35-41)51-23-12-22-50-48-21-10-11-24-54(48)60-57(50)51/h1-35H. The molecule has 3 nitrogen and oxygen atoms in total. The summed E-state index contributed by atoms with van der Waals surface area (Å²) in [6.07, 6.45) is 0. The summed E-state index contributed by atoms with van der Waals surface area (Å²) in [5, 5.41) is 14.1. The van der Waals surface area contributed by atoms with Crippen molar-refractivity contribution in [3.05, 3.63) is 212 Å². The van der Waals surface area contributed by atoms with Gasteiger partial charge in [-0.15, -0.1) is 0 Å². The summed E-state index contributed by atoms with van der Waals surface area (Å²) in [6, 6.07) is 76.2. The molecular weight excluding hydrogens is 743 g/mol. The lowest BCUT2D eigenvalue weighted by molar-refractivity contribution is 0.665. The van der Waals surface area contributed by atoms with Gasteiger partial charge in [-0.25, -0.2) is 0 Å². The van der Waals surface area contributed by atoms with Crippen molar-refractivity contribution < 1.29 is 8.83 Å². The first-order valence-electron chi connectivity index (χ1n) is 20.8. The van der Waals surface area contributed by atoms with Crippen LogP contribution in [0, 0.1) is 0 Å². The molecule has 0 aliphatic heterocycles. The first-order chi connectivity index (χ1) is 30.2. The molecule has 0 atom stereocenters. The monoisotopic (exact) mass is 777 g/mol. The highest BCUT2D eigenvalue weighted by atomic mass is 16.3. The topological polar surface area (TPSA) is 29.5 Å². The number of hydrogen-bond acceptors (Lipinski definition) is 3. The largest absolute Gasteiger partial charge is 0.455 e. The van der Waals surface area contributed by atoms with Gasteiger partial charge in [0.1, 0.15) is 22.3 Å². The van der Waals surface area contributed by atoms with Gasteiger partial charge in [0.05, 0.1) is 0 Å². The lowest BCUT2D eigenvalue weighted by Crippen LogP contribution is -2.09. The summed E-state index contributed by atoms with van der Waals surface area (Å²) in [7, 11) is 0. The molecule has 0 aliphatic rings. The van der Waals surface area contributed by atoms with Crippen LogP contribution in [0.1, 0.15) is 0 Å². The highest BCUT2D eigenvalue weighted by molar-refractivity contribution is 6.26. The fraction of sp³-hybridized carbons (Fsp3) is 0. The molecule has 3 heteroatoms. The van der Waals surface area contributed by atoms with Gasteiger partial charge in [-0.3, -0.25) is 0 Å². The highest BCUT2D eigenvalue weighted by Crippen LogP contribution is 2.47. The van der Waals surface area contributed by atoms with Gasteiger partial charge in [-0.2, -0.15) is 0 Å². The van der Waals surface area contributed by atoms with E-state index in [1.165, 1.54) is 43.4 Å². The van der Waals surface area contributed by atoms with Crippen LogP contribution in [0.3, 0.4) is 0 Å². The molecule has 13 aromatic rings. The van der Waals surface area contributed by atoms with Gasteiger partial charge in [-0.05, 0) is 103 Å². The van der Waals surface area contributed by atoms with Gasteiger partial charge >= 0.3 is 0 Å². The van der Waals surface area contributed by atoms with Crippen molar-refractivity contribution in [1.82, 2.24) is 0 Å². The van der Waals surface area contributed by atoms with Crippen molar-refractivity contribution in [2.24, 2.45) is 0 Å². The SMILES string of the molecule is c1ccc(-c2ccc(N(c3ccc4c(c3)oc3c(-c5cccc6c5oc5ccccc56)c5ccccc5cc34)c3ccc4c5ccccc5c5ccccc5c4c3)cc2)cc1. The van der Waals surface area contributed by atoms with Gasteiger partial charge in [0, 0.05) is 55.8 Å². The van der Waals surface area contributed by atoms with Crippen LogP contribution in [-0.4, -0.2) is 0 Å². The summed E-state index contributed by atoms with van der Waals surface area (Å²) < 4.78 is 13.7. The third-order valence-electron chi connectivity index (χ3n) is 12.6.